The summed E-state index contributed by atoms with van der Waals surface area (Å²) in [5, 5.41) is 15.5. The van der Waals surface area contributed by atoms with Crippen molar-refractivity contribution in [2.45, 2.75) is 50.8 Å². The lowest BCUT2D eigenvalue weighted by molar-refractivity contribution is -0.157. The summed E-state index contributed by atoms with van der Waals surface area (Å²) in [6, 6.07) is 38.1. The van der Waals surface area contributed by atoms with E-state index in [1.165, 1.54) is 0 Å². The van der Waals surface area contributed by atoms with Crippen molar-refractivity contribution in [3.63, 3.8) is 0 Å². The summed E-state index contributed by atoms with van der Waals surface area (Å²) in [6.45, 7) is 1.18. The molecule has 0 aromatic heterocycles. The Hall–Kier alpha value is -4.01. The van der Waals surface area contributed by atoms with Crippen LogP contribution in [0.5, 0.6) is 0 Å². The molecule has 4 atom stereocenters. The van der Waals surface area contributed by atoms with Gasteiger partial charge in [0.05, 0.1) is 51.8 Å². The molecular weight excluding hydrogens is 530 g/mol. The van der Waals surface area contributed by atoms with Gasteiger partial charge < -0.3 is 24.1 Å². The van der Waals surface area contributed by atoms with Crippen LogP contribution in [0.3, 0.4) is 0 Å². The van der Waals surface area contributed by atoms with Gasteiger partial charge >= 0.3 is 0 Å². The van der Waals surface area contributed by atoms with Gasteiger partial charge in [-0.3, -0.25) is 0 Å². The van der Waals surface area contributed by atoms with Gasteiger partial charge in [0, 0.05) is 4.91 Å². The predicted molar refractivity (Wildman–Crippen MR) is 161 cm³/mol. The van der Waals surface area contributed by atoms with E-state index in [1.807, 2.05) is 121 Å². The van der Waals surface area contributed by atoms with E-state index in [0.29, 0.717) is 13.2 Å². The van der Waals surface area contributed by atoms with Crippen LogP contribution >= 0.6 is 0 Å². The van der Waals surface area contributed by atoms with E-state index < -0.39 is 24.4 Å². The van der Waals surface area contributed by atoms with Crippen molar-refractivity contribution in [2.75, 3.05) is 13.2 Å². The molecule has 4 aromatic carbocycles. The molecule has 0 spiro atoms. The highest BCUT2D eigenvalue weighted by Gasteiger charge is 2.36. The SMILES string of the molecule is [N-]=[N+]=N[C@H](COCc1ccccc1)[C@@H](OCc1ccccc1)[C@H](OCc1ccccc1)[C@@H](O)COCc1ccccc1. The van der Waals surface area contributed by atoms with Crippen LogP contribution in [0.25, 0.3) is 10.4 Å². The summed E-state index contributed by atoms with van der Waals surface area (Å²) in [6.07, 6.45) is -2.81. The van der Waals surface area contributed by atoms with E-state index in [4.69, 9.17) is 18.9 Å². The topological polar surface area (TPSA) is 106 Å². The fourth-order valence-corrected chi connectivity index (χ4v) is 4.48. The van der Waals surface area contributed by atoms with Gasteiger partial charge in [-0.2, -0.15) is 0 Å². The third-order valence-corrected chi connectivity index (χ3v) is 6.65. The molecule has 0 aliphatic rings. The summed E-state index contributed by atoms with van der Waals surface area (Å²) in [4.78, 5) is 3.10. The predicted octanol–water partition coefficient (Wildman–Crippen LogP) is 6.63. The Morgan fingerprint density at radius 3 is 1.36 bits per heavy atom. The zero-order valence-corrected chi connectivity index (χ0v) is 23.5. The molecule has 0 heterocycles. The van der Waals surface area contributed by atoms with Crippen molar-refractivity contribution in [3.8, 4) is 0 Å². The van der Waals surface area contributed by atoms with E-state index >= 15 is 0 Å². The quantitative estimate of drug-likeness (QED) is 0.0825. The Morgan fingerprint density at radius 2 is 0.929 bits per heavy atom. The van der Waals surface area contributed by atoms with Crippen molar-refractivity contribution >= 4 is 0 Å². The summed E-state index contributed by atoms with van der Waals surface area (Å²) < 4.78 is 24.6. The summed E-state index contributed by atoms with van der Waals surface area (Å²) in [5.41, 5.74) is 13.4. The van der Waals surface area contributed by atoms with E-state index in [2.05, 4.69) is 10.0 Å². The van der Waals surface area contributed by atoms with Crippen LogP contribution in [0.4, 0.5) is 0 Å². The number of azide groups is 1. The van der Waals surface area contributed by atoms with Crippen LogP contribution in [-0.2, 0) is 45.4 Å². The molecule has 0 amide bonds. The van der Waals surface area contributed by atoms with Gasteiger partial charge in [-0.1, -0.05) is 126 Å². The Bertz CT molecular complexity index is 1320. The van der Waals surface area contributed by atoms with E-state index in [0.717, 1.165) is 22.3 Å². The summed E-state index contributed by atoms with van der Waals surface area (Å²) >= 11 is 0. The monoisotopic (exact) mass is 567 g/mol. The van der Waals surface area contributed by atoms with Gasteiger partial charge in [-0.05, 0) is 27.8 Å². The van der Waals surface area contributed by atoms with Crippen molar-refractivity contribution < 1.29 is 24.1 Å². The van der Waals surface area contributed by atoms with Crippen LogP contribution in [0.15, 0.2) is 126 Å². The van der Waals surface area contributed by atoms with Gasteiger partial charge in [-0.15, -0.1) is 0 Å². The summed E-state index contributed by atoms with van der Waals surface area (Å²) in [7, 11) is 0. The number of benzene rings is 4. The number of ether oxygens (including phenoxy) is 4. The smallest absolute Gasteiger partial charge is 0.113 e. The molecule has 0 aliphatic carbocycles. The normalized spacial score (nSPS) is 13.9. The highest BCUT2D eigenvalue weighted by Crippen LogP contribution is 2.21. The second kappa shape index (κ2) is 17.7. The molecule has 0 bridgehead atoms. The molecule has 42 heavy (non-hydrogen) atoms. The van der Waals surface area contributed by atoms with Crippen LogP contribution < -0.4 is 0 Å². The van der Waals surface area contributed by atoms with Crippen LogP contribution in [0, 0.1) is 0 Å². The van der Waals surface area contributed by atoms with Crippen LogP contribution in [0.2, 0.25) is 0 Å². The first kappa shape index (κ1) is 30.9. The highest BCUT2D eigenvalue weighted by atomic mass is 16.6. The first-order valence-electron chi connectivity index (χ1n) is 14.0. The number of hydrogen-bond acceptors (Lipinski definition) is 6. The van der Waals surface area contributed by atoms with Crippen molar-refractivity contribution in [1.82, 2.24) is 0 Å². The second-order valence-corrected chi connectivity index (χ2v) is 9.86. The molecule has 0 unspecified atom stereocenters. The lowest BCUT2D eigenvalue weighted by Gasteiger charge is -2.34. The standard InChI is InChI=1S/C34H37N3O5/c35-37-36-31(25-39-21-27-13-5-1-6-14-27)33(41-23-29-17-9-3-10-18-29)34(42-24-30-19-11-4-12-20-30)32(38)26-40-22-28-15-7-2-8-16-28/h1-20,31-34,38H,21-26H2/t31-,32+,33-,34-/m1/s1. The molecular formula is C34H37N3O5. The third-order valence-electron chi connectivity index (χ3n) is 6.65. The Morgan fingerprint density at radius 1 is 0.548 bits per heavy atom. The van der Waals surface area contributed by atoms with Crippen molar-refractivity contribution in [2.24, 2.45) is 5.11 Å². The van der Waals surface area contributed by atoms with Crippen LogP contribution in [0.1, 0.15) is 22.3 Å². The number of hydrogen-bond donors (Lipinski definition) is 1. The first-order chi connectivity index (χ1) is 20.7. The fourth-order valence-electron chi connectivity index (χ4n) is 4.48. The third kappa shape index (κ3) is 10.4. The molecule has 4 aromatic rings. The summed E-state index contributed by atoms with van der Waals surface area (Å²) in [5.74, 6) is 0. The molecule has 0 radical (unpaired) electrons. The average molecular weight is 568 g/mol. The molecule has 1 N–H and O–H groups in total. The van der Waals surface area contributed by atoms with Crippen LogP contribution in [-0.4, -0.2) is 42.7 Å². The maximum Gasteiger partial charge on any atom is 0.113 e. The molecule has 0 fully saturated rings. The average Bonchev–Trinajstić information content (AvgIpc) is 3.04. The largest absolute Gasteiger partial charge is 0.388 e. The van der Waals surface area contributed by atoms with Gasteiger partial charge in [0.15, 0.2) is 0 Å². The molecule has 218 valence electrons. The van der Waals surface area contributed by atoms with E-state index in [9.17, 15) is 10.6 Å². The maximum absolute atomic E-state index is 11.4. The Kier molecular flexibility index (Phi) is 13.1. The van der Waals surface area contributed by atoms with Gasteiger partial charge in [0.2, 0.25) is 0 Å². The Balaban J connectivity index is 1.54. The highest BCUT2D eigenvalue weighted by molar-refractivity contribution is 5.16. The minimum Gasteiger partial charge on any atom is -0.388 e. The molecule has 8 nitrogen and oxygen atoms in total. The minimum atomic E-state index is -1.08. The second-order valence-electron chi connectivity index (χ2n) is 9.86. The Labute approximate surface area is 247 Å². The van der Waals surface area contributed by atoms with Crippen molar-refractivity contribution in [1.29, 1.82) is 0 Å². The van der Waals surface area contributed by atoms with Gasteiger partial charge in [0.1, 0.15) is 12.2 Å². The van der Waals surface area contributed by atoms with Crippen molar-refractivity contribution in [3.05, 3.63) is 154 Å². The lowest BCUT2D eigenvalue weighted by Crippen LogP contribution is -2.50. The lowest BCUT2D eigenvalue weighted by atomic mass is 10.0. The van der Waals surface area contributed by atoms with Gasteiger partial charge in [0.25, 0.3) is 0 Å². The molecule has 0 saturated carbocycles. The van der Waals surface area contributed by atoms with Gasteiger partial charge in [-0.25, -0.2) is 0 Å². The molecule has 8 heteroatoms. The maximum atomic E-state index is 11.4. The van der Waals surface area contributed by atoms with E-state index in [-0.39, 0.29) is 26.4 Å². The first-order valence-corrected chi connectivity index (χ1v) is 14.0. The number of rotatable bonds is 18. The number of aliphatic hydroxyl groups is 1. The zero-order chi connectivity index (χ0) is 29.2. The zero-order valence-electron chi connectivity index (χ0n) is 23.5. The minimum absolute atomic E-state index is 0.00654. The molecule has 0 saturated heterocycles. The number of aliphatic hydroxyl groups excluding tert-OH is 1. The fraction of sp³-hybridized carbons (Fsp3) is 0.294. The molecule has 4 rings (SSSR count). The van der Waals surface area contributed by atoms with E-state index in [1.54, 1.807) is 0 Å². The number of nitrogens with zero attached hydrogens (tertiary/aromatic N) is 3. The molecule has 0 aliphatic heterocycles.